The zero-order valence-corrected chi connectivity index (χ0v) is 14.3. The van der Waals surface area contributed by atoms with Crippen molar-refractivity contribution in [3.8, 4) is 0 Å². The van der Waals surface area contributed by atoms with Crippen LogP contribution in [0.25, 0.3) is 10.9 Å². The van der Waals surface area contributed by atoms with Crippen LogP contribution < -0.4 is 5.32 Å². The fourth-order valence-electron chi connectivity index (χ4n) is 3.60. The summed E-state index contributed by atoms with van der Waals surface area (Å²) in [6, 6.07) is 13.9. The maximum absolute atomic E-state index is 12.7. The highest BCUT2D eigenvalue weighted by Crippen LogP contribution is 2.32. The smallest absolute Gasteiger partial charge is 0.227 e. The van der Waals surface area contributed by atoms with Gasteiger partial charge in [0.15, 0.2) is 0 Å². The minimum atomic E-state index is 0.00628. The maximum atomic E-state index is 12.7. The zero-order chi connectivity index (χ0) is 16.7. The molecule has 3 aromatic rings. The first-order chi connectivity index (χ1) is 11.6. The lowest BCUT2D eigenvalue weighted by Crippen LogP contribution is -2.28. The number of carbonyl (C=O) groups excluding carboxylic acids is 1. The van der Waals surface area contributed by atoms with Gasteiger partial charge in [0.1, 0.15) is 0 Å². The molecular formula is C20H19ClN2O. The van der Waals surface area contributed by atoms with E-state index in [4.69, 9.17) is 11.6 Å². The summed E-state index contributed by atoms with van der Waals surface area (Å²) in [5.74, 6) is 0.100. The van der Waals surface area contributed by atoms with Gasteiger partial charge >= 0.3 is 0 Å². The predicted octanol–water partition coefficient (Wildman–Crippen LogP) is 4.87. The van der Waals surface area contributed by atoms with E-state index in [0.29, 0.717) is 5.02 Å². The average molecular weight is 339 g/mol. The van der Waals surface area contributed by atoms with Gasteiger partial charge in [-0.05, 0) is 61.6 Å². The van der Waals surface area contributed by atoms with Crippen LogP contribution in [0.3, 0.4) is 0 Å². The third-order valence-corrected chi connectivity index (χ3v) is 5.15. The van der Waals surface area contributed by atoms with Crippen molar-refractivity contribution in [3.63, 3.8) is 0 Å². The highest BCUT2D eigenvalue weighted by molar-refractivity contribution is 6.30. The van der Waals surface area contributed by atoms with E-state index < -0.39 is 0 Å². The normalized spacial score (nSPS) is 16.8. The van der Waals surface area contributed by atoms with Gasteiger partial charge in [-0.15, -0.1) is 0 Å². The molecule has 24 heavy (non-hydrogen) atoms. The summed E-state index contributed by atoms with van der Waals surface area (Å²) in [5, 5.41) is 5.00. The van der Waals surface area contributed by atoms with E-state index in [1.165, 1.54) is 16.6 Å². The van der Waals surface area contributed by atoms with E-state index in [-0.39, 0.29) is 11.8 Å². The number of hydrogen-bond acceptors (Lipinski definition) is 1. The molecule has 1 aliphatic carbocycles. The number of para-hydroxylation sites is 1. The van der Waals surface area contributed by atoms with Gasteiger partial charge in [0.25, 0.3) is 0 Å². The number of aromatic nitrogens is 1. The van der Waals surface area contributed by atoms with E-state index in [2.05, 4.69) is 28.5 Å². The van der Waals surface area contributed by atoms with Crippen molar-refractivity contribution in [2.75, 3.05) is 5.32 Å². The van der Waals surface area contributed by atoms with Gasteiger partial charge in [-0.2, -0.15) is 0 Å². The summed E-state index contributed by atoms with van der Waals surface area (Å²) >= 11 is 5.99. The fourth-order valence-corrected chi connectivity index (χ4v) is 3.82. The Bertz CT molecular complexity index is 929. The first-order valence-corrected chi connectivity index (χ1v) is 8.65. The van der Waals surface area contributed by atoms with Gasteiger partial charge in [0.2, 0.25) is 5.91 Å². The first-order valence-electron chi connectivity index (χ1n) is 8.27. The van der Waals surface area contributed by atoms with Crippen molar-refractivity contribution in [2.45, 2.75) is 26.2 Å². The van der Waals surface area contributed by atoms with Gasteiger partial charge in [-0.1, -0.05) is 29.8 Å². The summed E-state index contributed by atoms with van der Waals surface area (Å²) in [7, 11) is 0. The molecule has 4 rings (SSSR count). The Kier molecular flexibility index (Phi) is 3.81. The van der Waals surface area contributed by atoms with Crippen LogP contribution in [0.1, 0.15) is 23.2 Å². The van der Waals surface area contributed by atoms with Crippen molar-refractivity contribution < 1.29 is 4.79 Å². The number of hydrogen-bond donors (Lipinski definition) is 2. The molecule has 3 nitrogen and oxygen atoms in total. The Morgan fingerprint density at radius 3 is 2.92 bits per heavy atom. The van der Waals surface area contributed by atoms with E-state index in [9.17, 15) is 4.79 Å². The molecule has 1 unspecified atom stereocenters. The predicted molar refractivity (Wildman–Crippen MR) is 98.6 cm³/mol. The summed E-state index contributed by atoms with van der Waals surface area (Å²) in [4.78, 5) is 16.2. The molecule has 0 fully saturated rings. The minimum Gasteiger partial charge on any atom is -0.358 e. The number of rotatable bonds is 2. The van der Waals surface area contributed by atoms with E-state index >= 15 is 0 Å². The molecule has 2 aromatic carbocycles. The van der Waals surface area contributed by atoms with Crippen molar-refractivity contribution in [1.29, 1.82) is 0 Å². The number of anilines is 1. The van der Waals surface area contributed by atoms with Gasteiger partial charge in [0, 0.05) is 33.2 Å². The van der Waals surface area contributed by atoms with Gasteiger partial charge in [0.05, 0.1) is 0 Å². The number of nitrogens with one attached hydrogen (secondary N) is 2. The molecule has 0 radical (unpaired) electrons. The second-order valence-corrected chi connectivity index (χ2v) is 6.95. The Morgan fingerprint density at radius 1 is 1.25 bits per heavy atom. The molecule has 1 aliphatic rings. The van der Waals surface area contributed by atoms with Crippen molar-refractivity contribution >= 4 is 34.1 Å². The van der Waals surface area contributed by atoms with Crippen LogP contribution in [0, 0.1) is 12.8 Å². The van der Waals surface area contributed by atoms with Crippen LogP contribution in [-0.2, 0) is 17.6 Å². The largest absolute Gasteiger partial charge is 0.358 e. The number of halogens is 1. The topological polar surface area (TPSA) is 44.9 Å². The van der Waals surface area contributed by atoms with Crippen LogP contribution in [0.4, 0.5) is 5.69 Å². The minimum absolute atomic E-state index is 0.00628. The van der Waals surface area contributed by atoms with Crippen molar-refractivity contribution in [3.05, 3.63) is 64.3 Å². The molecule has 0 aliphatic heterocycles. The van der Waals surface area contributed by atoms with Crippen LogP contribution in [0.15, 0.2) is 42.5 Å². The summed E-state index contributed by atoms with van der Waals surface area (Å²) < 4.78 is 0. The lowest BCUT2D eigenvalue weighted by Gasteiger charge is -2.22. The summed E-state index contributed by atoms with van der Waals surface area (Å²) in [6.45, 7) is 1.96. The number of aromatic amines is 1. The number of amides is 1. The second-order valence-electron chi connectivity index (χ2n) is 6.52. The molecule has 0 saturated carbocycles. The number of aryl methyl sites for hydroxylation is 2. The molecule has 0 saturated heterocycles. The van der Waals surface area contributed by atoms with Gasteiger partial charge in [-0.25, -0.2) is 0 Å². The van der Waals surface area contributed by atoms with Gasteiger partial charge < -0.3 is 10.3 Å². The molecule has 1 heterocycles. The lowest BCUT2D eigenvalue weighted by molar-refractivity contribution is -0.120. The molecular weight excluding hydrogens is 320 g/mol. The van der Waals surface area contributed by atoms with Gasteiger partial charge in [-0.3, -0.25) is 4.79 Å². The molecule has 0 spiro atoms. The monoisotopic (exact) mass is 338 g/mol. The molecule has 4 heteroatoms. The van der Waals surface area contributed by atoms with Crippen LogP contribution in [-0.4, -0.2) is 10.9 Å². The van der Waals surface area contributed by atoms with E-state index in [1.54, 1.807) is 0 Å². The zero-order valence-electron chi connectivity index (χ0n) is 13.5. The number of benzene rings is 2. The third-order valence-electron chi connectivity index (χ3n) is 4.91. The molecule has 0 bridgehead atoms. The van der Waals surface area contributed by atoms with Crippen molar-refractivity contribution in [2.24, 2.45) is 5.92 Å². The molecule has 1 aromatic heterocycles. The van der Waals surface area contributed by atoms with Crippen LogP contribution >= 0.6 is 11.6 Å². The summed E-state index contributed by atoms with van der Waals surface area (Å²) in [5.41, 5.74) is 5.57. The Balaban J connectivity index is 1.56. The number of H-pyrrole nitrogens is 1. The Labute approximate surface area is 146 Å². The highest BCUT2D eigenvalue weighted by Gasteiger charge is 2.27. The Morgan fingerprint density at radius 2 is 2.08 bits per heavy atom. The first kappa shape index (κ1) is 15.3. The third kappa shape index (κ3) is 2.69. The number of fused-ring (bicyclic) bond motifs is 3. The van der Waals surface area contributed by atoms with E-state index in [1.807, 2.05) is 31.2 Å². The number of carbonyl (C=O) groups is 1. The quantitative estimate of drug-likeness (QED) is 0.687. The van der Waals surface area contributed by atoms with Crippen LogP contribution in [0.5, 0.6) is 0 Å². The Hall–Kier alpha value is -2.26. The highest BCUT2D eigenvalue weighted by atomic mass is 35.5. The molecule has 122 valence electrons. The van der Waals surface area contributed by atoms with Crippen molar-refractivity contribution in [1.82, 2.24) is 4.98 Å². The second kappa shape index (κ2) is 5.99. The molecule has 1 amide bonds. The lowest BCUT2D eigenvalue weighted by atomic mass is 9.85. The van der Waals surface area contributed by atoms with E-state index in [0.717, 1.165) is 36.0 Å². The maximum Gasteiger partial charge on any atom is 0.227 e. The SMILES string of the molecule is Cc1cc(Cl)ccc1NC(=O)C1CCc2[nH]c3ccccc3c2C1. The van der Waals surface area contributed by atoms with Crippen LogP contribution in [0.2, 0.25) is 5.02 Å². The molecule has 2 N–H and O–H groups in total. The average Bonchev–Trinajstić information content (AvgIpc) is 2.95. The fraction of sp³-hybridized carbons (Fsp3) is 0.250. The molecule has 1 atom stereocenters. The summed E-state index contributed by atoms with van der Waals surface area (Å²) in [6.07, 6.45) is 2.58. The standard InChI is InChI=1S/C20H19ClN2O/c1-12-10-14(21)7-9-17(12)23-20(24)13-6-8-19-16(11-13)15-4-2-3-5-18(15)22-19/h2-5,7,9-10,13,22H,6,8,11H2,1H3,(H,23,24).